The van der Waals surface area contributed by atoms with Crippen LogP contribution in [0.2, 0.25) is 0 Å². The summed E-state index contributed by atoms with van der Waals surface area (Å²) in [5.74, 6) is 1.37. The van der Waals surface area contributed by atoms with Gasteiger partial charge >= 0.3 is 216 Å². The molecule has 0 N–H and O–H groups in total. The van der Waals surface area contributed by atoms with E-state index in [1.807, 2.05) is 30.3 Å². The Morgan fingerprint density at radius 2 is 1.50 bits per heavy atom. The maximum absolute atomic E-state index is 11.7. The van der Waals surface area contributed by atoms with Crippen molar-refractivity contribution in [2.75, 3.05) is 14.2 Å². The van der Waals surface area contributed by atoms with Crippen LogP contribution in [0, 0.1) is 20.2 Å². The molecule has 0 amide bonds. The van der Waals surface area contributed by atoms with E-state index in [4.69, 9.17) is 18.3 Å². The van der Waals surface area contributed by atoms with Gasteiger partial charge in [-0.2, -0.15) is 0 Å². The van der Waals surface area contributed by atoms with Gasteiger partial charge < -0.3 is 0 Å². The Bertz CT molecular complexity index is 1640. The van der Waals surface area contributed by atoms with E-state index in [2.05, 4.69) is 0 Å². The van der Waals surface area contributed by atoms with Crippen LogP contribution in [-0.2, 0) is 0 Å². The zero-order valence-corrected chi connectivity index (χ0v) is 22.2. The quantitative estimate of drug-likeness (QED) is 0.147. The molecule has 0 saturated heterocycles. The average molecular weight is 618 g/mol. The van der Waals surface area contributed by atoms with Crippen LogP contribution in [0.4, 0.5) is 11.4 Å². The molecule has 5 aromatic rings. The van der Waals surface area contributed by atoms with Gasteiger partial charge in [-0.1, -0.05) is 0 Å². The van der Waals surface area contributed by atoms with Crippen LogP contribution in [0.1, 0.15) is 0 Å². The van der Waals surface area contributed by atoms with Crippen molar-refractivity contribution in [2.45, 2.75) is 0 Å². The fourth-order valence-corrected chi connectivity index (χ4v) is 8.27. The first-order chi connectivity index (χ1) is 17.4. The molecule has 2 aromatic heterocycles. The number of nitro benzene ring substituents is 2. The molecule has 5 rings (SSSR count). The number of benzene rings is 3. The third-order valence-electron chi connectivity index (χ3n) is 5.28. The molecular weight excluding hydrogens is 602 g/mol. The maximum atomic E-state index is 11.7. The van der Waals surface area contributed by atoms with Gasteiger partial charge in [0.25, 0.3) is 0 Å². The molecule has 3 aromatic carbocycles. The van der Waals surface area contributed by atoms with Crippen LogP contribution >= 0.6 is 0 Å². The van der Waals surface area contributed by atoms with Crippen molar-refractivity contribution in [3.05, 3.63) is 80.9 Å². The zero-order valence-electron chi connectivity index (χ0n) is 18.8. The number of ether oxygens (including phenoxy) is 2. The standard InChI is InChI=1S/C24H16N2O8Se2/c1-31-15-4-6-19-13(9-15)10-22(33-19)36-23-17-12-16(32-2)5-7-20(17)34-24(23)35-21-8-3-14(25(27)28)11-18(21)26(29)30/h3-12H,1-2H3. The summed E-state index contributed by atoms with van der Waals surface area (Å²) in [5, 5.41) is 24.6. The van der Waals surface area contributed by atoms with E-state index in [9.17, 15) is 20.2 Å². The van der Waals surface area contributed by atoms with Gasteiger partial charge in [-0.15, -0.1) is 0 Å². The first-order valence-corrected chi connectivity index (χ1v) is 13.8. The van der Waals surface area contributed by atoms with Gasteiger partial charge in [0.15, 0.2) is 0 Å². The minimum absolute atomic E-state index is 0.309. The van der Waals surface area contributed by atoms with E-state index in [1.165, 1.54) is 12.1 Å². The monoisotopic (exact) mass is 620 g/mol. The van der Waals surface area contributed by atoms with Gasteiger partial charge in [-0.25, -0.2) is 0 Å². The molecule has 0 atom stereocenters. The Balaban J connectivity index is 1.61. The van der Waals surface area contributed by atoms with Crippen LogP contribution < -0.4 is 27.7 Å². The fourth-order valence-electron chi connectivity index (χ4n) is 3.55. The van der Waals surface area contributed by atoms with E-state index >= 15 is 0 Å². The number of non-ortho nitro benzene ring substituents is 1. The van der Waals surface area contributed by atoms with Crippen molar-refractivity contribution < 1.29 is 28.2 Å². The van der Waals surface area contributed by atoms with Crippen LogP contribution in [0.25, 0.3) is 21.9 Å². The fraction of sp³-hybridized carbons (Fsp3) is 0.0833. The molecule has 0 saturated carbocycles. The van der Waals surface area contributed by atoms with E-state index in [0.29, 0.717) is 20.5 Å². The molecule has 0 radical (unpaired) electrons. The van der Waals surface area contributed by atoms with Crippen LogP contribution in [0.5, 0.6) is 11.5 Å². The number of nitrogens with zero attached hydrogens (tertiary/aromatic N) is 2. The van der Waals surface area contributed by atoms with E-state index in [-0.39, 0.29) is 26.3 Å². The van der Waals surface area contributed by atoms with E-state index in [0.717, 1.165) is 37.3 Å². The molecule has 0 aliphatic carbocycles. The summed E-state index contributed by atoms with van der Waals surface area (Å²) in [7, 11) is 3.17. The first kappa shape index (κ1) is 23.9. The summed E-state index contributed by atoms with van der Waals surface area (Å²) in [6.07, 6.45) is 0. The van der Waals surface area contributed by atoms with Crippen LogP contribution in [0.3, 0.4) is 0 Å². The number of rotatable bonds is 8. The third-order valence-corrected chi connectivity index (χ3v) is 10.2. The molecule has 0 bridgehead atoms. The van der Waals surface area contributed by atoms with Crippen molar-refractivity contribution in [3.63, 3.8) is 0 Å². The number of hydrogen-bond acceptors (Lipinski definition) is 8. The Kier molecular flexibility index (Phi) is 6.42. The normalized spacial score (nSPS) is 11.2. The summed E-state index contributed by atoms with van der Waals surface area (Å²) in [6.45, 7) is 0. The van der Waals surface area contributed by atoms with Gasteiger partial charge in [-0.3, -0.25) is 0 Å². The Morgan fingerprint density at radius 1 is 0.778 bits per heavy atom. The summed E-state index contributed by atoms with van der Waals surface area (Å²) in [5.41, 5.74) is 0.692. The van der Waals surface area contributed by atoms with Crippen molar-refractivity contribution >= 4 is 81.5 Å². The minimum atomic E-state index is -0.650. The average Bonchev–Trinajstić information content (AvgIpc) is 3.43. The summed E-state index contributed by atoms with van der Waals surface area (Å²) < 4.78 is 25.5. The van der Waals surface area contributed by atoms with Crippen LogP contribution in [-0.4, -0.2) is 54.0 Å². The molecule has 182 valence electrons. The number of fused-ring (bicyclic) bond motifs is 2. The van der Waals surface area contributed by atoms with Gasteiger partial charge in [-0.05, 0) is 0 Å². The third kappa shape index (κ3) is 4.55. The van der Waals surface area contributed by atoms with E-state index < -0.39 is 24.8 Å². The summed E-state index contributed by atoms with van der Waals surface area (Å²) in [6, 6.07) is 16.6. The molecule has 2 heterocycles. The summed E-state index contributed by atoms with van der Waals surface area (Å²) in [4.78, 5) is 21.6. The molecular formula is C24H16N2O8Se2. The number of hydrogen-bond donors (Lipinski definition) is 0. The second-order valence-electron chi connectivity index (χ2n) is 7.42. The van der Waals surface area contributed by atoms with Gasteiger partial charge in [0, 0.05) is 0 Å². The number of nitro groups is 2. The topological polar surface area (TPSA) is 131 Å². The summed E-state index contributed by atoms with van der Waals surface area (Å²) >= 11 is -0.993. The predicted octanol–water partition coefficient (Wildman–Crippen LogP) is 2.32. The first-order valence-electron chi connectivity index (χ1n) is 10.3. The Hall–Kier alpha value is -3.82. The van der Waals surface area contributed by atoms with Crippen LogP contribution in [0.15, 0.2) is 69.5 Å². The second-order valence-corrected chi connectivity index (χ2v) is 11.7. The molecule has 0 aliphatic rings. The molecule has 0 fully saturated rings. The molecule has 36 heavy (non-hydrogen) atoms. The molecule has 0 spiro atoms. The van der Waals surface area contributed by atoms with Crippen molar-refractivity contribution in [1.29, 1.82) is 0 Å². The Morgan fingerprint density at radius 3 is 2.19 bits per heavy atom. The molecule has 12 heteroatoms. The van der Waals surface area contributed by atoms with Gasteiger partial charge in [0.1, 0.15) is 0 Å². The second kappa shape index (κ2) is 9.67. The molecule has 0 aliphatic heterocycles. The Labute approximate surface area is 215 Å². The predicted molar refractivity (Wildman–Crippen MR) is 135 cm³/mol. The zero-order chi connectivity index (χ0) is 25.4. The van der Waals surface area contributed by atoms with Gasteiger partial charge in [0.05, 0.1) is 0 Å². The van der Waals surface area contributed by atoms with E-state index in [1.54, 1.807) is 26.4 Å². The number of furan rings is 2. The van der Waals surface area contributed by atoms with Crippen molar-refractivity contribution in [3.8, 4) is 11.5 Å². The number of methoxy groups -OCH3 is 2. The SMILES string of the molecule is COc1ccc2oc([Se]c3c([Se]c4ccc([N+](=O)[O-])cc4[N+](=O)[O-])oc4ccc(OC)cc34)cc2c1. The van der Waals surface area contributed by atoms with Crippen molar-refractivity contribution in [1.82, 2.24) is 0 Å². The van der Waals surface area contributed by atoms with Gasteiger partial charge in [0.2, 0.25) is 0 Å². The molecule has 0 unspecified atom stereocenters. The van der Waals surface area contributed by atoms with Crippen molar-refractivity contribution in [2.24, 2.45) is 0 Å². The molecule has 10 nitrogen and oxygen atoms in total.